The maximum absolute atomic E-state index is 3.57. The molecule has 14 heavy (non-hydrogen) atoms. The average molecular weight is 199 g/mol. The van der Waals surface area contributed by atoms with Gasteiger partial charge in [0.15, 0.2) is 0 Å². The first kappa shape index (κ1) is 12.0. The van der Waals surface area contributed by atoms with Crippen molar-refractivity contribution in [3.05, 3.63) is 0 Å². The van der Waals surface area contributed by atoms with Crippen molar-refractivity contribution >= 4 is 0 Å². The smallest absolute Gasteiger partial charge is 0.0108 e. The standard InChI is InChI=1S/C11H25N3/c1-3-4-11(2)13-7-10-14-8-5-12-6-9-14/h11-13H,3-10H2,1-2H3. The lowest BCUT2D eigenvalue weighted by Gasteiger charge is -2.27. The first-order valence-corrected chi connectivity index (χ1v) is 5.99. The van der Waals surface area contributed by atoms with Crippen LogP contribution in [0.5, 0.6) is 0 Å². The third-order valence-corrected chi connectivity index (χ3v) is 2.85. The van der Waals surface area contributed by atoms with Gasteiger partial charge in [0.1, 0.15) is 0 Å². The second kappa shape index (κ2) is 7.21. The van der Waals surface area contributed by atoms with Crippen LogP contribution in [0.2, 0.25) is 0 Å². The number of hydrogen-bond donors (Lipinski definition) is 2. The van der Waals surface area contributed by atoms with E-state index in [4.69, 9.17) is 0 Å². The lowest BCUT2D eigenvalue weighted by atomic mass is 10.2. The second-order valence-electron chi connectivity index (χ2n) is 4.24. The SMILES string of the molecule is CCCC(C)NCCN1CCNCC1. The summed E-state index contributed by atoms with van der Waals surface area (Å²) >= 11 is 0. The highest BCUT2D eigenvalue weighted by atomic mass is 15.2. The molecule has 1 heterocycles. The molecule has 0 aliphatic carbocycles. The zero-order valence-electron chi connectivity index (χ0n) is 9.68. The van der Waals surface area contributed by atoms with Crippen LogP contribution in [0.4, 0.5) is 0 Å². The van der Waals surface area contributed by atoms with Gasteiger partial charge in [0.05, 0.1) is 0 Å². The lowest BCUT2D eigenvalue weighted by Crippen LogP contribution is -2.46. The molecule has 0 radical (unpaired) electrons. The Labute approximate surface area is 88.2 Å². The second-order valence-corrected chi connectivity index (χ2v) is 4.24. The molecule has 1 aliphatic rings. The molecule has 0 aromatic heterocycles. The van der Waals surface area contributed by atoms with E-state index in [0.717, 1.165) is 19.6 Å². The first-order valence-electron chi connectivity index (χ1n) is 5.99. The zero-order chi connectivity index (χ0) is 10.2. The summed E-state index contributed by atoms with van der Waals surface area (Å²) in [7, 11) is 0. The van der Waals surface area contributed by atoms with Gasteiger partial charge in [-0.05, 0) is 13.3 Å². The van der Waals surface area contributed by atoms with E-state index in [1.54, 1.807) is 0 Å². The van der Waals surface area contributed by atoms with Crippen LogP contribution in [0.1, 0.15) is 26.7 Å². The van der Waals surface area contributed by atoms with Gasteiger partial charge in [-0.15, -0.1) is 0 Å². The molecule has 0 saturated carbocycles. The molecule has 1 saturated heterocycles. The maximum atomic E-state index is 3.57. The van der Waals surface area contributed by atoms with E-state index >= 15 is 0 Å². The van der Waals surface area contributed by atoms with Crippen LogP contribution < -0.4 is 10.6 Å². The normalized spacial score (nSPS) is 21.0. The maximum Gasteiger partial charge on any atom is 0.0108 e. The Morgan fingerprint density at radius 2 is 2.07 bits per heavy atom. The van der Waals surface area contributed by atoms with E-state index in [-0.39, 0.29) is 0 Å². The minimum absolute atomic E-state index is 0.683. The van der Waals surface area contributed by atoms with E-state index < -0.39 is 0 Å². The van der Waals surface area contributed by atoms with Crippen molar-refractivity contribution in [1.29, 1.82) is 0 Å². The predicted molar refractivity (Wildman–Crippen MR) is 61.7 cm³/mol. The van der Waals surface area contributed by atoms with Crippen molar-refractivity contribution in [2.45, 2.75) is 32.7 Å². The molecule has 84 valence electrons. The molecule has 1 fully saturated rings. The quantitative estimate of drug-likeness (QED) is 0.658. The van der Waals surface area contributed by atoms with Crippen LogP contribution in [0, 0.1) is 0 Å². The Kier molecular flexibility index (Phi) is 6.15. The number of piperazine rings is 1. The van der Waals surface area contributed by atoms with Gasteiger partial charge < -0.3 is 10.6 Å². The molecular weight excluding hydrogens is 174 g/mol. The fraction of sp³-hybridized carbons (Fsp3) is 1.00. The topological polar surface area (TPSA) is 27.3 Å². The Balaban J connectivity index is 1.96. The highest BCUT2D eigenvalue weighted by Gasteiger charge is 2.08. The fourth-order valence-corrected chi connectivity index (χ4v) is 1.94. The summed E-state index contributed by atoms with van der Waals surface area (Å²) in [5.74, 6) is 0. The van der Waals surface area contributed by atoms with Gasteiger partial charge in [0, 0.05) is 45.3 Å². The first-order chi connectivity index (χ1) is 6.83. The van der Waals surface area contributed by atoms with Gasteiger partial charge in [-0.1, -0.05) is 13.3 Å². The summed E-state index contributed by atoms with van der Waals surface area (Å²) in [6.45, 7) is 11.6. The fourth-order valence-electron chi connectivity index (χ4n) is 1.94. The third-order valence-electron chi connectivity index (χ3n) is 2.85. The van der Waals surface area contributed by atoms with Crippen molar-refractivity contribution in [3.8, 4) is 0 Å². The summed E-state index contributed by atoms with van der Waals surface area (Å²) in [5.41, 5.74) is 0. The molecule has 0 aromatic carbocycles. The summed E-state index contributed by atoms with van der Waals surface area (Å²) < 4.78 is 0. The Morgan fingerprint density at radius 3 is 2.71 bits per heavy atom. The molecule has 1 aliphatic heterocycles. The minimum Gasteiger partial charge on any atom is -0.314 e. The monoisotopic (exact) mass is 199 g/mol. The van der Waals surface area contributed by atoms with Crippen LogP contribution in [0.3, 0.4) is 0 Å². The van der Waals surface area contributed by atoms with Gasteiger partial charge in [0.25, 0.3) is 0 Å². The van der Waals surface area contributed by atoms with Gasteiger partial charge in [0.2, 0.25) is 0 Å². The van der Waals surface area contributed by atoms with Crippen molar-refractivity contribution in [2.24, 2.45) is 0 Å². The Hall–Kier alpha value is -0.120. The van der Waals surface area contributed by atoms with Gasteiger partial charge in [-0.25, -0.2) is 0 Å². The number of hydrogen-bond acceptors (Lipinski definition) is 3. The Morgan fingerprint density at radius 1 is 1.36 bits per heavy atom. The number of rotatable bonds is 6. The molecule has 3 heteroatoms. The summed E-state index contributed by atoms with van der Waals surface area (Å²) in [6.07, 6.45) is 2.57. The Bertz CT molecular complexity index is 132. The number of nitrogens with zero attached hydrogens (tertiary/aromatic N) is 1. The molecule has 0 bridgehead atoms. The zero-order valence-corrected chi connectivity index (χ0v) is 9.68. The molecule has 0 amide bonds. The third kappa shape index (κ3) is 4.94. The largest absolute Gasteiger partial charge is 0.314 e. The number of nitrogens with one attached hydrogen (secondary N) is 2. The molecule has 1 rings (SSSR count). The van der Waals surface area contributed by atoms with Crippen LogP contribution in [-0.2, 0) is 0 Å². The molecular formula is C11H25N3. The molecule has 0 spiro atoms. The summed E-state index contributed by atoms with van der Waals surface area (Å²) in [6, 6.07) is 0.683. The molecule has 2 N–H and O–H groups in total. The highest BCUT2D eigenvalue weighted by Crippen LogP contribution is 1.95. The van der Waals surface area contributed by atoms with E-state index in [2.05, 4.69) is 29.4 Å². The van der Waals surface area contributed by atoms with Crippen LogP contribution in [-0.4, -0.2) is 50.2 Å². The average Bonchev–Trinajstić information content (AvgIpc) is 2.20. The summed E-state index contributed by atoms with van der Waals surface area (Å²) in [4.78, 5) is 2.53. The van der Waals surface area contributed by atoms with Crippen molar-refractivity contribution in [1.82, 2.24) is 15.5 Å². The van der Waals surface area contributed by atoms with Crippen molar-refractivity contribution in [3.63, 3.8) is 0 Å². The predicted octanol–water partition coefficient (Wildman–Crippen LogP) is 0.670. The molecule has 1 unspecified atom stereocenters. The van der Waals surface area contributed by atoms with Gasteiger partial charge in [-0.3, -0.25) is 4.90 Å². The van der Waals surface area contributed by atoms with E-state index in [0.29, 0.717) is 6.04 Å². The van der Waals surface area contributed by atoms with Crippen molar-refractivity contribution in [2.75, 3.05) is 39.3 Å². The van der Waals surface area contributed by atoms with Gasteiger partial charge in [-0.2, -0.15) is 0 Å². The van der Waals surface area contributed by atoms with Crippen LogP contribution >= 0.6 is 0 Å². The highest BCUT2D eigenvalue weighted by molar-refractivity contribution is 4.69. The molecule has 0 aromatic rings. The summed E-state index contributed by atoms with van der Waals surface area (Å²) in [5, 5.41) is 6.94. The van der Waals surface area contributed by atoms with Gasteiger partial charge >= 0.3 is 0 Å². The van der Waals surface area contributed by atoms with E-state index in [1.807, 2.05) is 0 Å². The van der Waals surface area contributed by atoms with Crippen LogP contribution in [0.15, 0.2) is 0 Å². The van der Waals surface area contributed by atoms with Crippen molar-refractivity contribution < 1.29 is 0 Å². The molecule has 3 nitrogen and oxygen atoms in total. The van der Waals surface area contributed by atoms with Crippen LogP contribution in [0.25, 0.3) is 0 Å². The van der Waals surface area contributed by atoms with E-state index in [1.165, 1.54) is 32.5 Å². The van der Waals surface area contributed by atoms with E-state index in [9.17, 15) is 0 Å². The lowest BCUT2D eigenvalue weighted by molar-refractivity contribution is 0.238. The molecule has 1 atom stereocenters. The minimum atomic E-state index is 0.683.